The molecule has 7 heteroatoms. The molecule has 2 N–H and O–H groups in total. The Hall–Kier alpha value is -1.47. The van der Waals surface area contributed by atoms with Crippen LogP contribution < -0.4 is 10.6 Å². The third-order valence-corrected chi connectivity index (χ3v) is 4.75. The fraction of sp³-hybridized carbons (Fsp3) is 0.643. The summed E-state index contributed by atoms with van der Waals surface area (Å²) in [4.78, 5) is 31.2. The van der Waals surface area contributed by atoms with Crippen molar-refractivity contribution in [2.75, 3.05) is 32.0 Å². The van der Waals surface area contributed by atoms with Gasteiger partial charge in [0.25, 0.3) is 0 Å². The lowest BCUT2D eigenvalue weighted by Crippen LogP contribution is -2.44. The first-order valence-electron chi connectivity index (χ1n) is 7.17. The van der Waals surface area contributed by atoms with Crippen molar-refractivity contribution in [2.24, 2.45) is 5.92 Å². The minimum absolute atomic E-state index is 0.0131. The summed E-state index contributed by atoms with van der Waals surface area (Å²) in [6, 6.07) is 0. The number of likely N-dealkylation sites (tertiary alicyclic amines) is 1. The molecule has 0 aromatic carbocycles. The molecule has 0 saturated carbocycles. The van der Waals surface area contributed by atoms with Gasteiger partial charge in [-0.05, 0) is 33.2 Å². The predicted molar refractivity (Wildman–Crippen MR) is 83.4 cm³/mol. The van der Waals surface area contributed by atoms with Crippen molar-refractivity contribution >= 4 is 28.3 Å². The molecule has 1 aliphatic rings. The van der Waals surface area contributed by atoms with E-state index in [1.165, 1.54) is 11.3 Å². The Bertz CT molecular complexity index is 510. The van der Waals surface area contributed by atoms with Gasteiger partial charge in [0.15, 0.2) is 5.13 Å². The van der Waals surface area contributed by atoms with Gasteiger partial charge in [0.1, 0.15) is 0 Å². The normalized spacial score (nSPS) is 19.3. The Labute approximate surface area is 128 Å². The van der Waals surface area contributed by atoms with Crippen LogP contribution in [0, 0.1) is 19.8 Å². The number of anilines is 1. The molecule has 0 spiro atoms. The largest absolute Gasteiger partial charge is 0.359 e. The van der Waals surface area contributed by atoms with Gasteiger partial charge < -0.3 is 10.6 Å². The molecule has 0 aliphatic carbocycles. The van der Waals surface area contributed by atoms with Gasteiger partial charge in [-0.2, -0.15) is 0 Å². The smallest absolute Gasteiger partial charge is 0.240 e. The number of piperidine rings is 1. The number of aryl methyl sites for hydroxylation is 2. The van der Waals surface area contributed by atoms with Gasteiger partial charge in [-0.3, -0.25) is 14.5 Å². The summed E-state index contributed by atoms with van der Waals surface area (Å²) in [6.45, 7) is 5.73. The quantitative estimate of drug-likeness (QED) is 0.875. The van der Waals surface area contributed by atoms with E-state index in [0.29, 0.717) is 18.2 Å². The maximum Gasteiger partial charge on any atom is 0.240 e. The molecular formula is C14H22N4O2S. The summed E-state index contributed by atoms with van der Waals surface area (Å²) in [6.07, 6.45) is 1.84. The lowest BCUT2D eigenvalue weighted by atomic mass is 9.97. The van der Waals surface area contributed by atoms with Gasteiger partial charge in [0.05, 0.1) is 18.2 Å². The molecular weight excluding hydrogens is 288 g/mol. The fourth-order valence-corrected chi connectivity index (χ4v) is 3.34. The van der Waals surface area contributed by atoms with Crippen LogP contribution in [0.5, 0.6) is 0 Å². The highest BCUT2D eigenvalue weighted by atomic mass is 32.1. The van der Waals surface area contributed by atoms with Crippen LogP contribution in [-0.2, 0) is 9.59 Å². The van der Waals surface area contributed by atoms with Crippen molar-refractivity contribution in [3.8, 4) is 0 Å². The lowest BCUT2D eigenvalue weighted by Gasteiger charge is -2.30. The molecule has 1 saturated heterocycles. The van der Waals surface area contributed by atoms with Gasteiger partial charge in [0, 0.05) is 18.5 Å². The summed E-state index contributed by atoms with van der Waals surface area (Å²) in [5.41, 5.74) is 0.952. The molecule has 6 nitrogen and oxygen atoms in total. The Morgan fingerprint density at radius 3 is 2.81 bits per heavy atom. The Morgan fingerprint density at radius 2 is 2.19 bits per heavy atom. The Kier molecular flexibility index (Phi) is 5.30. The maximum absolute atomic E-state index is 12.1. The average molecular weight is 310 g/mol. The van der Waals surface area contributed by atoms with Crippen LogP contribution in [0.25, 0.3) is 0 Å². The minimum Gasteiger partial charge on any atom is -0.359 e. The average Bonchev–Trinajstić information content (AvgIpc) is 2.76. The number of nitrogens with one attached hydrogen (secondary N) is 2. The van der Waals surface area contributed by atoms with E-state index in [-0.39, 0.29) is 17.7 Å². The van der Waals surface area contributed by atoms with E-state index in [0.717, 1.165) is 30.0 Å². The summed E-state index contributed by atoms with van der Waals surface area (Å²) in [5.74, 6) is -0.0199. The number of carbonyl (C=O) groups is 2. The van der Waals surface area contributed by atoms with E-state index in [9.17, 15) is 9.59 Å². The number of amides is 2. The number of carbonyl (C=O) groups excluding carboxylic acids is 2. The summed E-state index contributed by atoms with van der Waals surface area (Å²) >= 11 is 1.49. The van der Waals surface area contributed by atoms with Crippen molar-refractivity contribution in [1.29, 1.82) is 0 Å². The molecule has 2 rings (SSSR count). The predicted octanol–water partition coefficient (Wildman–Crippen LogP) is 1.16. The first kappa shape index (κ1) is 15.9. The van der Waals surface area contributed by atoms with E-state index in [1.54, 1.807) is 7.05 Å². The van der Waals surface area contributed by atoms with E-state index >= 15 is 0 Å². The monoisotopic (exact) mass is 310 g/mol. The fourth-order valence-electron chi connectivity index (χ4n) is 2.51. The van der Waals surface area contributed by atoms with Crippen LogP contribution in [0.2, 0.25) is 0 Å². The second-order valence-electron chi connectivity index (χ2n) is 5.40. The highest BCUT2D eigenvalue weighted by Gasteiger charge is 2.26. The number of hydrogen-bond acceptors (Lipinski definition) is 5. The van der Waals surface area contributed by atoms with E-state index in [2.05, 4.69) is 15.6 Å². The van der Waals surface area contributed by atoms with Crippen LogP contribution in [-0.4, -0.2) is 48.4 Å². The van der Waals surface area contributed by atoms with Crippen molar-refractivity contribution < 1.29 is 9.59 Å². The second kappa shape index (κ2) is 7.00. The molecule has 1 aliphatic heterocycles. The number of rotatable bonds is 4. The zero-order valence-electron chi connectivity index (χ0n) is 12.7. The third-order valence-electron chi connectivity index (χ3n) is 3.76. The third kappa shape index (κ3) is 4.25. The highest BCUT2D eigenvalue weighted by molar-refractivity contribution is 7.15. The van der Waals surface area contributed by atoms with Gasteiger partial charge in [-0.25, -0.2) is 4.98 Å². The van der Waals surface area contributed by atoms with Gasteiger partial charge >= 0.3 is 0 Å². The molecule has 1 aromatic rings. The summed E-state index contributed by atoms with van der Waals surface area (Å²) in [5, 5.41) is 6.17. The SMILES string of the molecule is CNC(=O)C1CCCN(CC(=O)Nc2nc(C)c(C)s2)C1. The molecule has 1 unspecified atom stereocenters. The highest BCUT2D eigenvalue weighted by Crippen LogP contribution is 2.21. The molecule has 1 fully saturated rings. The van der Waals surface area contributed by atoms with Crippen molar-refractivity contribution in [1.82, 2.24) is 15.2 Å². The Balaban J connectivity index is 1.86. The zero-order chi connectivity index (χ0) is 15.4. The summed E-state index contributed by atoms with van der Waals surface area (Å²) in [7, 11) is 1.65. The van der Waals surface area contributed by atoms with Gasteiger partial charge in [-0.15, -0.1) is 11.3 Å². The van der Waals surface area contributed by atoms with Crippen LogP contribution in [0.3, 0.4) is 0 Å². The number of thiazole rings is 1. The first-order chi connectivity index (χ1) is 9.99. The van der Waals surface area contributed by atoms with Crippen LogP contribution in [0.15, 0.2) is 0 Å². The van der Waals surface area contributed by atoms with Crippen LogP contribution >= 0.6 is 11.3 Å². The van der Waals surface area contributed by atoms with E-state index in [1.807, 2.05) is 18.7 Å². The lowest BCUT2D eigenvalue weighted by molar-refractivity contribution is -0.127. The number of aromatic nitrogens is 1. The number of nitrogens with zero attached hydrogens (tertiary/aromatic N) is 2. The molecule has 2 amide bonds. The molecule has 21 heavy (non-hydrogen) atoms. The van der Waals surface area contributed by atoms with E-state index in [4.69, 9.17) is 0 Å². The van der Waals surface area contributed by atoms with Crippen molar-refractivity contribution in [3.63, 3.8) is 0 Å². The van der Waals surface area contributed by atoms with Crippen LogP contribution in [0.4, 0.5) is 5.13 Å². The molecule has 0 bridgehead atoms. The number of hydrogen-bond donors (Lipinski definition) is 2. The topological polar surface area (TPSA) is 74.3 Å². The van der Waals surface area contributed by atoms with Crippen molar-refractivity contribution in [2.45, 2.75) is 26.7 Å². The van der Waals surface area contributed by atoms with Gasteiger partial charge in [-0.1, -0.05) is 0 Å². The molecule has 0 radical (unpaired) electrons. The standard InChI is InChI=1S/C14H22N4O2S/c1-9-10(2)21-14(16-9)17-12(19)8-18-6-4-5-11(7-18)13(20)15-3/h11H,4-8H2,1-3H3,(H,15,20)(H,16,17,19). The van der Waals surface area contributed by atoms with Crippen LogP contribution in [0.1, 0.15) is 23.4 Å². The van der Waals surface area contributed by atoms with Gasteiger partial charge in [0.2, 0.25) is 11.8 Å². The van der Waals surface area contributed by atoms with E-state index < -0.39 is 0 Å². The Morgan fingerprint density at radius 1 is 1.43 bits per heavy atom. The first-order valence-corrected chi connectivity index (χ1v) is 7.99. The molecule has 116 valence electrons. The zero-order valence-corrected chi connectivity index (χ0v) is 13.5. The second-order valence-corrected chi connectivity index (χ2v) is 6.60. The minimum atomic E-state index is -0.0682. The summed E-state index contributed by atoms with van der Waals surface area (Å²) < 4.78 is 0. The van der Waals surface area contributed by atoms with Crippen molar-refractivity contribution in [3.05, 3.63) is 10.6 Å². The molecule has 2 heterocycles. The maximum atomic E-state index is 12.1. The molecule has 1 atom stereocenters. The molecule has 1 aromatic heterocycles.